The van der Waals surface area contributed by atoms with Gasteiger partial charge in [0.25, 0.3) is 11.1 Å². The summed E-state index contributed by atoms with van der Waals surface area (Å²) in [7, 11) is 3.94. The van der Waals surface area contributed by atoms with E-state index >= 15 is 0 Å². The number of carbonyl (C=O) groups excluding carboxylic acids is 1. The number of carbonyl (C=O) groups is 1. The van der Waals surface area contributed by atoms with Gasteiger partial charge < -0.3 is 14.6 Å². The molecule has 0 saturated heterocycles. The molecular weight excluding hydrogens is 370 g/mol. The summed E-state index contributed by atoms with van der Waals surface area (Å²) in [4.78, 5) is 19.3. The van der Waals surface area contributed by atoms with Crippen LogP contribution in [0.25, 0.3) is 10.8 Å². The third-order valence-corrected chi connectivity index (χ3v) is 5.38. The van der Waals surface area contributed by atoms with E-state index in [1.807, 2.05) is 57.1 Å². The van der Waals surface area contributed by atoms with Crippen LogP contribution in [0.1, 0.15) is 10.7 Å². The summed E-state index contributed by atoms with van der Waals surface area (Å²) >= 11 is 2.72. The molecule has 1 amide bonds. The topological polar surface area (TPSA) is 84.1 Å². The minimum Gasteiger partial charge on any atom is -0.410 e. The van der Waals surface area contributed by atoms with Crippen molar-refractivity contribution in [2.45, 2.75) is 19.1 Å². The third kappa shape index (κ3) is 4.41. The van der Waals surface area contributed by atoms with Crippen molar-refractivity contribution in [3.05, 3.63) is 35.0 Å². The molecule has 26 heavy (non-hydrogen) atoms. The van der Waals surface area contributed by atoms with Gasteiger partial charge in [0.15, 0.2) is 0 Å². The predicted octanol–water partition coefficient (Wildman–Crippen LogP) is 3.61. The quantitative estimate of drug-likeness (QED) is 0.645. The van der Waals surface area contributed by atoms with Gasteiger partial charge in [-0.15, -0.1) is 21.5 Å². The number of thiazole rings is 1. The summed E-state index contributed by atoms with van der Waals surface area (Å²) in [5.41, 5.74) is 2.69. The zero-order valence-corrected chi connectivity index (χ0v) is 16.6. The number of aromatic nitrogens is 3. The van der Waals surface area contributed by atoms with Crippen LogP contribution in [0.2, 0.25) is 0 Å². The summed E-state index contributed by atoms with van der Waals surface area (Å²) in [6, 6.07) is 7.65. The lowest BCUT2D eigenvalue weighted by Gasteiger charge is -2.12. The third-order valence-electron chi connectivity index (χ3n) is 3.50. The number of rotatable bonds is 6. The van der Waals surface area contributed by atoms with E-state index in [1.165, 1.54) is 23.1 Å². The summed E-state index contributed by atoms with van der Waals surface area (Å²) < 4.78 is 5.63. The molecule has 0 aliphatic rings. The fourth-order valence-electron chi connectivity index (χ4n) is 2.26. The van der Waals surface area contributed by atoms with Crippen LogP contribution in [0.15, 0.2) is 33.9 Å². The Bertz CT molecular complexity index is 902. The maximum Gasteiger partial charge on any atom is 0.277 e. The van der Waals surface area contributed by atoms with E-state index in [-0.39, 0.29) is 11.7 Å². The summed E-state index contributed by atoms with van der Waals surface area (Å²) in [6.07, 6.45) is 0. The lowest BCUT2D eigenvalue weighted by atomic mass is 10.2. The first kappa shape index (κ1) is 18.4. The Morgan fingerprint density at radius 1 is 1.23 bits per heavy atom. The fourth-order valence-corrected chi connectivity index (χ4v) is 3.66. The minimum absolute atomic E-state index is 0.128. The van der Waals surface area contributed by atoms with Crippen molar-refractivity contribution in [2.24, 2.45) is 0 Å². The van der Waals surface area contributed by atoms with Gasteiger partial charge in [0.05, 0.1) is 16.5 Å². The predicted molar refractivity (Wildman–Crippen MR) is 105 cm³/mol. The number of nitrogens with one attached hydrogen (secondary N) is 1. The molecule has 0 aliphatic carbocycles. The molecule has 136 valence electrons. The lowest BCUT2D eigenvalue weighted by Crippen LogP contribution is -2.14. The van der Waals surface area contributed by atoms with E-state index in [0.717, 1.165) is 27.0 Å². The van der Waals surface area contributed by atoms with Gasteiger partial charge in [0, 0.05) is 25.5 Å². The molecule has 0 saturated carbocycles. The SMILES string of the molecule is Cc1nc(C)c(-c2nnc(SCC(=O)Nc3ccc(N(C)C)cc3)o2)s1. The molecule has 3 aromatic rings. The zero-order chi connectivity index (χ0) is 18.7. The number of thioether (sulfide) groups is 1. The van der Waals surface area contributed by atoms with Crippen molar-refractivity contribution < 1.29 is 9.21 Å². The highest BCUT2D eigenvalue weighted by Gasteiger charge is 2.16. The van der Waals surface area contributed by atoms with Crippen molar-refractivity contribution in [2.75, 3.05) is 30.1 Å². The summed E-state index contributed by atoms with van der Waals surface area (Å²) in [6.45, 7) is 3.84. The van der Waals surface area contributed by atoms with Crippen LogP contribution in [0, 0.1) is 13.8 Å². The van der Waals surface area contributed by atoms with Crippen molar-refractivity contribution >= 4 is 40.4 Å². The van der Waals surface area contributed by atoms with Gasteiger partial charge in [-0.1, -0.05) is 11.8 Å². The van der Waals surface area contributed by atoms with Crippen LogP contribution in [0.5, 0.6) is 0 Å². The average Bonchev–Trinajstić information content (AvgIpc) is 3.19. The molecule has 0 bridgehead atoms. The molecule has 1 N–H and O–H groups in total. The molecule has 0 spiro atoms. The van der Waals surface area contributed by atoms with Crippen molar-refractivity contribution in [1.29, 1.82) is 0 Å². The number of hydrogen-bond donors (Lipinski definition) is 1. The van der Waals surface area contributed by atoms with E-state index < -0.39 is 0 Å². The summed E-state index contributed by atoms with van der Waals surface area (Å²) in [5, 5.41) is 12.2. The van der Waals surface area contributed by atoms with E-state index in [1.54, 1.807) is 0 Å². The number of amides is 1. The highest BCUT2D eigenvalue weighted by molar-refractivity contribution is 7.99. The minimum atomic E-state index is -0.128. The van der Waals surface area contributed by atoms with Crippen molar-refractivity contribution in [3.8, 4) is 10.8 Å². The zero-order valence-electron chi connectivity index (χ0n) is 14.9. The first-order valence-electron chi connectivity index (χ1n) is 7.90. The fraction of sp³-hybridized carbons (Fsp3) is 0.294. The molecule has 1 aromatic carbocycles. The summed E-state index contributed by atoms with van der Waals surface area (Å²) in [5.74, 6) is 0.505. The van der Waals surface area contributed by atoms with E-state index in [4.69, 9.17) is 4.42 Å². The van der Waals surface area contributed by atoms with Gasteiger partial charge in [-0.3, -0.25) is 4.79 Å². The molecule has 0 aliphatic heterocycles. The molecule has 2 aromatic heterocycles. The van der Waals surface area contributed by atoms with Gasteiger partial charge >= 0.3 is 0 Å². The Morgan fingerprint density at radius 3 is 2.58 bits per heavy atom. The van der Waals surface area contributed by atoms with Crippen LogP contribution in [-0.4, -0.2) is 40.9 Å². The second kappa shape index (κ2) is 7.88. The number of nitrogens with zero attached hydrogens (tertiary/aromatic N) is 4. The van der Waals surface area contributed by atoms with E-state index in [2.05, 4.69) is 20.5 Å². The van der Waals surface area contributed by atoms with Gasteiger partial charge in [0.2, 0.25) is 5.91 Å². The number of hydrogen-bond acceptors (Lipinski definition) is 8. The van der Waals surface area contributed by atoms with Crippen LogP contribution in [0.3, 0.4) is 0 Å². The Labute approximate surface area is 159 Å². The smallest absolute Gasteiger partial charge is 0.277 e. The Kier molecular flexibility index (Phi) is 5.58. The maximum absolute atomic E-state index is 12.1. The lowest BCUT2D eigenvalue weighted by molar-refractivity contribution is -0.113. The Balaban J connectivity index is 1.55. The first-order valence-corrected chi connectivity index (χ1v) is 9.70. The van der Waals surface area contributed by atoms with Crippen LogP contribution in [-0.2, 0) is 4.79 Å². The van der Waals surface area contributed by atoms with Crippen molar-refractivity contribution in [3.63, 3.8) is 0 Å². The Hall–Kier alpha value is -2.39. The van der Waals surface area contributed by atoms with Crippen LogP contribution < -0.4 is 10.2 Å². The average molecular weight is 390 g/mol. The van der Waals surface area contributed by atoms with Gasteiger partial charge in [-0.05, 0) is 38.1 Å². The first-order chi connectivity index (χ1) is 12.4. The molecule has 7 nitrogen and oxygen atoms in total. The number of benzene rings is 1. The molecule has 0 unspecified atom stereocenters. The number of anilines is 2. The molecule has 0 atom stereocenters. The van der Waals surface area contributed by atoms with Crippen molar-refractivity contribution in [1.82, 2.24) is 15.2 Å². The second-order valence-corrected chi connectivity index (χ2v) is 7.93. The molecule has 3 rings (SSSR count). The molecule has 9 heteroatoms. The van der Waals surface area contributed by atoms with Crippen LogP contribution in [0.4, 0.5) is 11.4 Å². The van der Waals surface area contributed by atoms with Gasteiger partial charge in [-0.25, -0.2) is 4.98 Å². The Morgan fingerprint density at radius 2 is 1.96 bits per heavy atom. The normalized spacial score (nSPS) is 10.8. The number of aryl methyl sites for hydroxylation is 2. The van der Waals surface area contributed by atoms with E-state index in [9.17, 15) is 4.79 Å². The largest absolute Gasteiger partial charge is 0.410 e. The highest BCUT2D eigenvalue weighted by atomic mass is 32.2. The standard InChI is InChI=1S/C17H19N5O2S2/c1-10-15(26-11(2)18-10)16-20-21-17(24-16)25-9-14(23)19-12-5-7-13(8-6-12)22(3)4/h5-8H,9H2,1-4H3,(H,19,23). The van der Waals surface area contributed by atoms with Gasteiger partial charge in [0.1, 0.15) is 4.88 Å². The molecule has 0 radical (unpaired) electrons. The second-order valence-electron chi connectivity index (χ2n) is 5.80. The van der Waals surface area contributed by atoms with Crippen LogP contribution >= 0.6 is 23.1 Å². The van der Waals surface area contributed by atoms with E-state index in [0.29, 0.717) is 11.1 Å². The maximum atomic E-state index is 12.1. The monoisotopic (exact) mass is 389 g/mol. The molecular formula is C17H19N5O2S2. The molecule has 0 fully saturated rings. The van der Waals surface area contributed by atoms with Gasteiger partial charge in [-0.2, -0.15) is 0 Å². The molecule has 2 heterocycles. The highest BCUT2D eigenvalue weighted by Crippen LogP contribution is 2.30.